The van der Waals surface area contributed by atoms with Crippen LogP contribution in [0.2, 0.25) is 5.02 Å². The molecule has 0 fully saturated rings. The summed E-state index contributed by atoms with van der Waals surface area (Å²) >= 11 is 7.10. The van der Waals surface area contributed by atoms with E-state index in [0.717, 1.165) is 18.4 Å². The van der Waals surface area contributed by atoms with Gasteiger partial charge in [0.25, 0.3) is 5.91 Å². The van der Waals surface area contributed by atoms with Crippen molar-refractivity contribution in [2.45, 2.75) is 18.9 Å². The van der Waals surface area contributed by atoms with Crippen molar-refractivity contribution in [2.75, 3.05) is 19.3 Å². The maximum Gasteiger partial charge on any atom is 0.251 e. The van der Waals surface area contributed by atoms with E-state index in [4.69, 9.17) is 11.6 Å². The topological polar surface area (TPSA) is 91.1 Å². The largest absolute Gasteiger partial charge is 0.341 e. The maximum absolute atomic E-state index is 13.0. The number of benzene rings is 2. The second-order valence-electron chi connectivity index (χ2n) is 7.07. The molecule has 1 heterocycles. The van der Waals surface area contributed by atoms with Crippen LogP contribution in [0, 0.1) is 0 Å². The molecule has 3 aromatic rings. The summed E-state index contributed by atoms with van der Waals surface area (Å²) in [6, 6.07) is 14.6. The van der Waals surface area contributed by atoms with Gasteiger partial charge in [-0.05, 0) is 55.9 Å². The molecule has 3 N–H and O–H groups in total. The van der Waals surface area contributed by atoms with Crippen LogP contribution in [0.4, 0.5) is 0 Å². The summed E-state index contributed by atoms with van der Waals surface area (Å²) in [7, 11) is 1.86. The van der Waals surface area contributed by atoms with Crippen molar-refractivity contribution in [3.63, 3.8) is 0 Å². The molecule has 162 valence electrons. The van der Waals surface area contributed by atoms with E-state index in [1.807, 2.05) is 31.3 Å². The molecule has 0 spiro atoms. The SMILES string of the molecule is CNCCCSC(=O)C(Cc1cc(=O)[nH]c2ccccc12)NC(=O)c1ccc(Cl)cc1. The first kappa shape index (κ1) is 23.1. The number of thioether (sulfide) groups is 1. The zero-order chi connectivity index (χ0) is 22.2. The molecule has 1 atom stereocenters. The first-order valence-corrected chi connectivity index (χ1v) is 11.3. The van der Waals surface area contributed by atoms with E-state index in [0.29, 0.717) is 27.4 Å². The minimum atomic E-state index is -0.770. The van der Waals surface area contributed by atoms with Crippen molar-refractivity contribution in [3.8, 4) is 0 Å². The van der Waals surface area contributed by atoms with E-state index in [9.17, 15) is 14.4 Å². The molecule has 6 nitrogen and oxygen atoms in total. The maximum atomic E-state index is 13.0. The molecule has 1 aromatic heterocycles. The van der Waals surface area contributed by atoms with Gasteiger partial charge in [-0.25, -0.2) is 0 Å². The molecular weight excluding hydrogens is 434 g/mol. The zero-order valence-electron chi connectivity index (χ0n) is 17.1. The number of hydrogen-bond acceptors (Lipinski definition) is 5. The van der Waals surface area contributed by atoms with Crippen LogP contribution in [0.15, 0.2) is 59.4 Å². The normalized spacial score (nSPS) is 11.9. The Morgan fingerprint density at radius 3 is 2.61 bits per heavy atom. The second-order valence-corrected chi connectivity index (χ2v) is 8.60. The molecular formula is C23H24ClN3O3S. The highest BCUT2D eigenvalue weighted by Crippen LogP contribution is 2.19. The molecule has 0 bridgehead atoms. The summed E-state index contributed by atoms with van der Waals surface area (Å²) in [5, 5.41) is 7.14. The van der Waals surface area contributed by atoms with E-state index >= 15 is 0 Å². The van der Waals surface area contributed by atoms with Gasteiger partial charge in [0.1, 0.15) is 6.04 Å². The summed E-state index contributed by atoms with van der Waals surface area (Å²) in [6.45, 7) is 0.806. The highest BCUT2D eigenvalue weighted by Gasteiger charge is 2.23. The van der Waals surface area contributed by atoms with Crippen LogP contribution < -0.4 is 16.2 Å². The third-order valence-corrected chi connectivity index (χ3v) is 6.09. The zero-order valence-corrected chi connectivity index (χ0v) is 18.7. The van der Waals surface area contributed by atoms with Gasteiger partial charge in [-0.3, -0.25) is 14.4 Å². The van der Waals surface area contributed by atoms with Crippen LogP contribution in [0.3, 0.4) is 0 Å². The van der Waals surface area contributed by atoms with Crippen LogP contribution >= 0.6 is 23.4 Å². The Bertz CT molecular complexity index is 1110. The molecule has 0 saturated heterocycles. The minimum absolute atomic E-state index is 0.136. The minimum Gasteiger partial charge on any atom is -0.341 e. The van der Waals surface area contributed by atoms with Gasteiger partial charge in [0.15, 0.2) is 0 Å². The first-order chi connectivity index (χ1) is 15.0. The summed E-state index contributed by atoms with van der Waals surface area (Å²) in [4.78, 5) is 40.7. The molecule has 0 radical (unpaired) electrons. The summed E-state index contributed by atoms with van der Waals surface area (Å²) in [5.74, 6) is 0.281. The molecule has 31 heavy (non-hydrogen) atoms. The lowest BCUT2D eigenvalue weighted by Gasteiger charge is -2.18. The van der Waals surface area contributed by atoms with E-state index in [1.165, 1.54) is 17.8 Å². The van der Waals surface area contributed by atoms with Crippen LogP contribution in [0.1, 0.15) is 22.3 Å². The molecule has 3 rings (SSSR count). The predicted octanol–water partition coefficient (Wildman–Crippen LogP) is 3.39. The second kappa shape index (κ2) is 11.1. The first-order valence-electron chi connectivity index (χ1n) is 9.96. The average molecular weight is 458 g/mol. The lowest BCUT2D eigenvalue weighted by atomic mass is 10.0. The summed E-state index contributed by atoms with van der Waals surface area (Å²) < 4.78 is 0. The highest BCUT2D eigenvalue weighted by atomic mass is 35.5. The van der Waals surface area contributed by atoms with Crippen molar-refractivity contribution < 1.29 is 9.59 Å². The van der Waals surface area contributed by atoms with E-state index in [-0.39, 0.29) is 23.0 Å². The van der Waals surface area contributed by atoms with E-state index in [1.54, 1.807) is 24.3 Å². The number of nitrogens with one attached hydrogen (secondary N) is 3. The molecule has 2 aromatic carbocycles. The third kappa shape index (κ3) is 6.43. The van der Waals surface area contributed by atoms with Gasteiger partial charge in [0.2, 0.25) is 10.7 Å². The lowest BCUT2D eigenvalue weighted by Crippen LogP contribution is -2.41. The fraction of sp³-hybridized carbons (Fsp3) is 0.261. The molecule has 0 aliphatic carbocycles. The molecule has 0 aliphatic rings. The Morgan fingerprint density at radius 1 is 1.13 bits per heavy atom. The highest BCUT2D eigenvalue weighted by molar-refractivity contribution is 8.13. The number of hydrogen-bond donors (Lipinski definition) is 3. The standard InChI is InChI=1S/C23H24ClN3O3S/c1-25-11-4-12-31-23(30)20(27-22(29)15-7-9-17(24)10-8-15)13-16-14-21(28)26-19-6-3-2-5-18(16)19/h2-3,5-10,14,20,25H,4,11-13H2,1H3,(H,26,28)(H,27,29). The van der Waals surface area contributed by atoms with Crippen molar-refractivity contribution in [3.05, 3.63) is 81.1 Å². The van der Waals surface area contributed by atoms with Gasteiger partial charge in [0, 0.05) is 39.7 Å². The number of amides is 1. The average Bonchev–Trinajstić information content (AvgIpc) is 2.76. The summed E-state index contributed by atoms with van der Waals surface area (Å²) in [5.41, 5.74) is 1.58. The van der Waals surface area contributed by atoms with Crippen LogP contribution in [0.25, 0.3) is 10.9 Å². The van der Waals surface area contributed by atoms with Gasteiger partial charge >= 0.3 is 0 Å². The monoisotopic (exact) mass is 457 g/mol. The Labute approximate surface area is 189 Å². The Kier molecular flexibility index (Phi) is 8.28. The van der Waals surface area contributed by atoms with Gasteiger partial charge in [0.05, 0.1) is 0 Å². The number of rotatable bonds is 9. The molecule has 0 aliphatic heterocycles. The van der Waals surface area contributed by atoms with Crippen LogP contribution in [-0.4, -0.2) is 41.4 Å². The number of carbonyl (C=O) groups excluding carboxylic acids is 2. The van der Waals surface area contributed by atoms with Crippen molar-refractivity contribution in [1.29, 1.82) is 0 Å². The van der Waals surface area contributed by atoms with Gasteiger partial charge < -0.3 is 15.6 Å². The van der Waals surface area contributed by atoms with Gasteiger partial charge in [-0.15, -0.1) is 0 Å². The number of aromatic nitrogens is 1. The van der Waals surface area contributed by atoms with Gasteiger partial charge in [-0.1, -0.05) is 41.6 Å². The number of halogens is 1. The van der Waals surface area contributed by atoms with E-state index < -0.39 is 6.04 Å². The number of para-hydroxylation sites is 1. The molecule has 0 saturated carbocycles. The quantitative estimate of drug-likeness (QED) is 0.428. The van der Waals surface area contributed by atoms with Crippen molar-refractivity contribution in [1.82, 2.24) is 15.6 Å². The smallest absolute Gasteiger partial charge is 0.251 e. The fourth-order valence-electron chi connectivity index (χ4n) is 3.22. The Balaban J connectivity index is 1.85. The number of aromatic amines is 1. The number of carbonyl (C=O) groups is 2. The predicted molar refractivity (Wildman–Crippen MR) is 127 cm³/mol. The number of pyridine rings is 1. The molecule has 1 unspecified atom stereocenters. The van der Waals surface area contributed by atoms with Crippen LogP contribution in [-0.2, 0) is 11.2 Å². The number of fused-ring (bicyclic) bond motifs is 1. The van der Waals surface area contributed by atoms with Crippen LogP contribution in [0.5, 0.6) is 0 Å². The van der Waals surface area contributed by atoms with Crippen molar-refractivity contribution >= 4 is 45.3 Å². The van der Waals surface area contributed by atoms with E-state index in [2.05, 4.69) is 15.6 Å². The number of H-pyrrole nitrogens is 1. The fourth-order valence-corrected chi connectivity index (χ4v) is 4.18. The summed E-state index contributed by atoms with van der Waals surface area (Å²) in [6.07, 6.45) is 1.06. The molecule has 8 heteroatoms. The van der Waals surface area contributed by atoms with Crippen molar-refractivity contribution in [2.24, 2.45) is 0 Å². The molecule has 1 amide bonds. The third-order valence-electron chi connectivity index (χ3n) is 4.77. The van der Waals surface area contributed by atoms with Gasteiger partial charge in [-0.2, -0.15) is 0 Å². The Morgan fingerprint density at radius 2 is 1.87 bits per heavy atom. The Hall–Kier alpha value is -2.61. The lowest BCUT2D eigenvalue weighted by molar-refractivity contribution is -0.112.